The Morgan fingerprint density at radius 3 is 2.74 bits per heavy atom. The van der Waals surface area contributed by atoms with E-state index in [1.165, 1.54) is 35.7 Å². The van der Waals surface area contributed by atoms with Crippen LogP contribution in [0.2, 0.25) is 0 Å². The van der Waals surface area contributed by atoms with Gasteiger partial charge < -0.3 is 20.9 Å². The maximum absolute atomic E-state index is 12.1. The second kappa shape index (κ2) is 10.00. The quantitative estimate of drug-likeness (QED) is 0.447. The van der Waals surface area contributed by atoms with Crippen LogP contribution in [-0.4, -0.2) is 43.0 Å². The fraction of sp³-hybridized carbons (Fsp3) is 0.524. The first-order valence-corrected chi connectivity index (χ1v) is 10.0. The van der Waals surface area contributed by atoms with Crippen molar-refractivity contribution in [1.82, 2.24) is 20.9 Å². The van der Waals surface area contributed by atoms with Gasteiger partial charge in [0.05, 0.1) is 0 Å². The van der Waals surface area contributed by atoms with E-state index in [2.05, 4.69) is 50.3 Å². The molecular weight excluding hydrogens is 338 g/mol. The predicted molar refractivity (Wildman–Crippen MR) is 111 cm³/mol. The third kappa shape index (κ3) is 5.74. The topological polar surface area (TPSA) is 81.3 Å². The fourth-order valence-electron chi connectivity index (χ4n) is 3.72. The highest BCUT2D eigenvalue weighted by Crippen LogP contribution is 2.18. The van der Waals surface area contributed by atoms with Gasteiger partial charge in [-0.2, -0.15) is 0 Å². The van der Waals surface area contributed by atoms with Crippen molar-refractivity contribution >= 4 is 22.8 Å². The number of aliphatic imine (C=N–C) groups is 1. The van der Waals surface area contributed by atoms with E-state index >= 15 is 0 Å². The number of guanidine groups is 1. The van der Waals surface area contributed by atoms with E-state index in [0.717, 1.165) is 31.8 Å². The largest absolute Gasteiger partial charge is 0.361 e. The molecule has 0 unspecified atom stereocenters. The highest BCUT2D eigenvalue weighted by atomic mass is 16.1. The lowest BCUT2D eigenvalue weighted by Crippen LogP contribution is -2.41. The molecule has 0 radical (unpaired) electrons. The Hall–Kier alpha value is -2.50. The van der Waals surface area contributed by atoms with Gasteiger partial charge >= 0.3 is 0 Å². The van der Waals surface area contributed by atoms with Crippen LogP contribution in [0.3, 0.4) is 0 Å². The van der Waals surface area contributed by atoms with E-state index < -0.39 is 0 Å². The highest BCUT2D eigenvalue weighted by molar-refractivity contribution is 5.83. The summed E-state index contributed by atoms with van der Waals surface area (Å²) in [6.07, 6.45) is 9.46. The van der Waals surface area contributed by atoms with Crippen LogP contribution < -0.4 is 16.0 Å². The molecule has 0 saturated heterocycles. The van der Waals surface area contributed by atoms with Gasteiger partial charge in [0.1, 0.15) is 0 Å². The van der Waals surface area contributed by atoms with Gasteiger partial charge in [-0.3, -0.25) is 9.79 Å². The van der Waals surface area contributed by atoms with E-state index in [1.54, 1.807) is 7.05 Å². The van der Waals surface area contributed by atoms with Gasteiger partial charge in [0.15, 0.2) is 5.96 Å². The van der Waals surface area contributed by atoms with Gasteiger partial charge in [-0.05, 0) is 30.9 Å². The summed E-state index contributed by atoms with van der Waals surface area (Å²) in [4.78, 5) is 19.6. The van der Waals surface area contributed by atoms with Crippen molar-refractivity contribution in [3.63, 3.8) is 0 Å². The van der Waals surface area contributed by atoms with Gasteiger partial charge in [0.2, 0.25) is 5.91 Å². The smallest absolute Gasteiger partial charge is 0.221 e. The monoisotopic (exact) mass is 369 g/mol. The number of aromatic nitrogens is 1. The van der Waals surface area contributed by atoms with Gasteiger partial charge in [0.25, 0.3) is 0 Å². The average Bonchev–Trinajstić information content (AvgIpc) is 3.11. The van der Waals surface area contributed by atoms with E-state index in [1.807, 2.05) is 6.07 Å². The molecule has 3 rings (SSSR count). The van der Waals surface area contributed by atoms with Crippen LogP contribution in [0.15, 0.2) is 35.5 Å². The standard InChI is InChI=1S/C21H31N5O/c1-22-21(24-14-12-20(27)26-17-7-3-2-4-8-17)23-13-11-16-15-25-19-10-6-5-9-18(16)19/h5-6,9-10,15,17,25H,2-4,7-8,11-14H2,1H3,(H,26,27)(H2,22,23,24). The first-order chi connectivity index (χ1) is 13.3. The molecule has 1 aromatic heterocycles. The van der Waals surface area contributed by atoms with Crippen molar-refractivity contribution in [1.29, 1.82) is 0 Å². The van der Waals surface area contributed by atoms with Crippen molar-refractivity contribution < 1.29 is 4.79 Å². The Balaban J connectivity index is 1.35. The number of nitrogens with one attached hydrogen (secondary N) is 4. The first-order valence-electron chi connectivity index (χ1n) is 10.0. The summed E-state index contributed by atoms with van der Waals surface area (Å²) >= 11 is 0. The lowest BCUT2D eigenvalue weighted by atomic mass is 9.95. The zero-order valence-corrected chi connectivity index (χ0v) is 16.2. The Morgan fingerprint density at radius 1 is 1.15 bits per heavy atom. The predicted octanol–water partition coefficient (Wildman–Crippen LogP) is 2.71. The van der Waals surface area contributed by atoms with Crippen molar-refractivity contribution in [3.8, 4) is 0 Å². The molecule has 0 spiro atoms. The maximum Gasteiger partial charge on any atom is 0.221 e. The Labute approximate surface area is 161 Å². The number of H-pyrrole nitrogens is 1. The van der Waals surface area contributed by atoms with Crippen molar-refractivity contribution in [3.05, 3.63) is 36.0 Å². The number of hydrogen-bond acceptors (Lipinski definition) is 2. The lowest BCUT2D eigenvalue weighted by Gasteiger charge is -2.22. The number of carbonyl (C=O) groups excluding carboxylic acids is 1. The summed E-state index contributed by atoms with van der Waals surface area (Å²) in [7, 11) is 1.75. The number of hydrogen-bond donors (Lipinski definition) is 4. The van der Waals surface area contributed by atoms with E-state index in [9.17, 15) is 4.79 Å². The molecule has 1 fully saturated rings. The molecule has 2 aromatic rings. The van der Waals surface area contributed by atoms with Crippen molar-refractivity contribution in [2.24, 2.45) is 4.99 Å². The molecule has 1 aromatic carbocycles. The number of para-hydroxylation sites is 1. The minimum atomic E-state index is 0.128. The van der Waals surface area contributed by atoms with E-state index in [0.29, 0.717) is 19.0 Å². The molecule has 6 nitrogen and oxygen atoms in total. The lowest BCUT2D eigenvalue weighted by molar-refractivity contribution is -0.121. The summed E-state index contributed by atoms with van der Waals surface area (Å²) in [6.45, 7) is 1.38. The minimum Gasteiger partial charge on any atom is -0.361 e. The highest BCUT2D eigenvalue weighted by Gasteiger charge is 2.15. The second-order valence-corrected chi connectivity index (χ2v) is 7.19. The van der Waals surface area contributed by atoms with Gasteiger partial charge in [0, 0.05) is 49.7 Å². The van der Waals surface area contributed by atoms with Crippen LogP contribution in [-0.2, 0) is 11.2 Å². The number of rotatable bonds is 7. The SMILES string of the molecule is CN=C(NCCC(=O)NC1CCCCC1)NCCc1c[nH]c2ccccc12. The van der Waals surface area contributed by atoms with Gasteiger partial charge in [-0.15, -0.1) is 0 Å². The molecule has 1 amide bonds. The Kier molecular flexibility index (Phi) is 7.13. The molecular formula is C21H31N5O. The van der Waals surface area contributed by atoms with E-state index in [4.69, 9.17) is 0 Å². The second-order valence-electron chi connectivity index (χ2n) is 7.19. The molecule has 0 bridgehead atoms. The minimum absolute atomic E-state index is 0.128. The molecule has 1 heterocycles. The number of benzene rings is 1. The molecule has 0 atom stereocenters. The van der Waals surface area contributed by atoms with Crippen molar-refractivity contribution in [2.75, 3.05) is 20.1 Å². The van der Waals surface area contributed by atoms with Crippen LogP contribution in [0.25, 0.3) is 10.9 Å². The summed E-state index contributed by atoms with van der Waals surface area (Å²) < 4.78 is 0. The molecule has 1 aliphatic rings. The Bertz CT molecular complexity index is 761. The zero-order chi connectivity index (χ0) is 18.9. The number of aromatic amines is 1. The average molecular weight is 370 g/mol. The number of nitrogens with zero attached hydrogens (tertiary/aromatic N) is 1. The van der Waals surface area contributed by atoms with Gasteiger partial charge in [-0.25, -0.2) is 0 Å². The molecule has 27 heavy (non-hydrogen) atoms. The number of carbonyl (C=O) groups is 1. The van der Waals surface area contributed by atoms with Crippen LogP contribution >= 0.6 is 0 Å². The third-order valence-electron chi connectivity index (χ3n) is 5.20. The molecule has 4 N–H and O–H groups in total. The fourth-order valence-corrected chi connectivity index (χ4v) is 3.72. The zero-order valence-electron chi connectivity index (χ0n) is 16.2. The van der Waals surface area contributed by atoms with Crippen molar-refractivity contribution in [2.45, 2.75) is 51.0 Å². The third-order valence-corrected chi connectivity index (χ3v) is 5.20. The van der Waals surface area contributed by atoms with Crippen LogP contribution in [0.1, 0.15) is 44.1 Å². The normalized spacial score (nSPS) is 15.7. The van der Waals surface area contributed by atoms with Gasteiger partial charge in [-0.1, -0.05) is 37.5 Å². The summed E-state index contributed by atoms with van der Waals surface area (Å²) in [5.41, 5.74) is 2.46. The molecule has 0 aliphatic heterocycles. The van der Waals surface area contributed by atoms with Crippen LogP contribution in [0, 0.1) is 0 Å². The van der Waals surface area contributed by atoms with Crippen LogP contribution in [0.4, 0.5) is 0 Å². The first kappa shape index (κ1) is 19.3. The molecule has 1 aliphatic carbocycles. The van der Waals surface area contributed by atoms with E-state index in [-0.39, 0.29) is 5.91 Å². The molecule has 6 heteroatoms. The van der Waals surface area contributed by atoms with Crippen LogP contribution in [0.5, 0.6) is 0 Å². The maximum atomic E-state index is 12.1. The Morgan fingerprint density at radius 2 is 1.93 bits per heavy atom. The number of amides is 1. The summed E-state index contributed by atoms with van der Waals surface area (Å²) in [5.74, 6) is 0.865. The summed E-state index contributed by atoms with van der Waals surface area (Å²) in [5, 5.41) is 11.0. The number of fused-ring (bicyclic) bond motifs is 1. The molecule has 146 valence electrons. The summed E-state index contributed by atoms with van der Waals surface area (Å²) in [6, 6.07) is 8.70. The molecule has 1 saturated carbocycles.